The number of para-hydroxylation sites is 2. The van der Waals surface area contributed by atoms with Gasteiger partial charge in [-0.25, -0.2) is 0 Å². The van der Waals surface area contributed by atoms with Crippen LogP contribution in [0.5, 0.6) is 5.75 Å². The summed E-state index contributed by atoms with van der Waals surface area (Å²) in [5.74, 6) is 0.977. The second-order valence-corrected chi connectivity index (χ2v) is 6.24. The van der Waals surface area contributed by atoms with Gasteiger partial charge in [-0.1, -0.05) is 12.1 Å². The molecule has 0 saturated heterocycles. The van der Waals surface area contributed by atoms with E-state index in [0.29, 0.717) is 6.04 Å². The fourth-order valence-corrected chi connectivity index (χ4v) is 2.92. The first-order valence-corrected chi connectivity index (χ1v) is 8.10. The van der Waals surface area contributed by atoms with Gasteiger partial charge in [-0.05, 0) is 44.1 Å². The van der Waals surface area contributed by atoms with Gasteiger partial charge in [-0.15, -0.1) is 0 Å². The fourth-order valence-electron chi connectivity index (χ4n) is 2.67. The highest BCUT2D eigenvalue weighted by molar-refractivity contribution is 7.80. The van der Waals surface area contributed by atoms with E-state index >= 15 is 0 Å². The molecule has 1 aromatic carbocycles. The monoisotopic (exact) mass is 305 g/mol. The molecule has 1 fully saturated rings. The Bertz CT molecular complexity index is 518. The zero-order valence-corrected chi connectivity index (χ0v) is 13.5. The van der Waals surface area contributed by atoms with Crippen LogP contribution in [0.1, 0.15) is 19.8 Å². The molecule has 114 valence electrons. The smallest absolute Gasteiger partial charge is 0.169 e. The van der Waals surface area contributed by atoms with Gasteiger partial charge in [0.05, 0.1) is 18.8 Å². The number of thiocarbonyl (C=S) groups is 1. The molecule has 1 N–H and O–H groups in total. The molecule has 0 bridgehead atoms. The Hall–Kier alpha value is -1.49. The van der Waals surface area contributed by atoms with E-state index in [1.165, 1.54) is 18.5 Å². The van der Waals surface area contributed by atoms with Crippen molar-refractivity contribution in [1.29, 1.82) is 0 Å². The molecule has 0 spiro atoms. The first-order chi connectivity index (χ1) is 10.2. The van der Waals surface area contributed by atoms with Crippen molar-refractivity contribution in [2.75, 3.05) is 31.6 Å². The number of hydrogen-bond acceptors (Lipinski definition) is 3. The number of nitrogens with one attached hydrogen (secondary N) is 1. The molecule has 1 saturated carbocycles. The molecular formula is C16H23N3OS. The van der Waals surface area contributed by atoms with Gasteiger partial charge in [0.25, 0.3) is 0 Å². The van der Waals surface area contributed by atoms with E-state index in [2.05, 4.69) is 34.2 Å². The summed E-state index contributed by atoms with van der Waals surface area (Å²) in [4.78, 5) is 4.47. The third-order valence-corrected chi connectivity index (χ3v) is 4.46. The summed E-state index contributed by atoms with van der Waals surface area (Å²) < 4.78 is 6.13. The second-order valence-electron chi connectivity index (χ2n) is 5.85. The lowest BCUT2D eigenvalue weighted by Crippen LogP contribution is -2.49. The first-order valence-electron chi connectivity index (χ1n) is 7.69. The normalized spacial score (nSPS) is 20.5. The lowest BCUT2D eigenvalue weighted by Gasteiger charge is -2.37. The highest BCUT2D eigenvalue weighted by atomic mass is 32.1. The predicted molar refractivity (Wildman–Crippen MR) is 90.1 cm³/mol. The summed E-state index contributed by atoms with van der Waals surface area (Å²) in [5.41, 5.74) is 1.19. The van der Waals surface area contributed by atoms with Crippen molar-refractivity contribution < 1.29 is 4.74 Å². The minimum absolute atomic E-state index is 0.142. The number of nitrogens with zero attached hydrogens (tertiary/aromatic N) is 2. The van der Waals surface area contributed by atoms with Crippen molar-refractivity contribution in [1.82, 2.24) is 10.2 Å². The van der Waals surface area contributed by atoms with Crippen LogP contribution in [0, 0.1) is 0 Å². The van der Waals surface area contributed by atoms with Gasteiger partial charge in [0.15, 0.2) is 5.11 Å². The highest BCUT2D eigenvalue weighted by Crippen LogP contribution is 2.32. The van der Waals surface area contributed by atoms with Gasteiger partial charge in [-0.3, -0.25) is 0 Å². The number of likely N-dealkylation sites (N-methyl/N-ethyl adjacent to an activating group) is 2. The minimum atomic E-state index is 0.142. The van der Waals surface area contributed by atoms with E-state index in [9.17, 15) is 0 Å². The first kappa shape index (κ1) is 14.4. The third-order valence-electron chi connectivity index (χ3n) is 4.03. The lowest BCUT2D eigenvalue weighted by molar-refractivity contribution is 0.168. The molecule has 1 atom stereocenters. The van der Waals surface area contributed by atoms with Gasteiger partial charge in [0, 0.05) is 19.6 Å². The van der Waals surface area contributed by atoms with Crippen molar-refractivity contribution in [2.45, 2.75) is 31.9 Å². The molecule has 0 radical (unpaired) electrons. The van der Waals surface area contributed by atoms with Crippen LogP contribution in [0.15, 0.2) is 24.3 Å². The minimum Gasteiger partial charge on any atom is -0.485 e. The lowest BCUT2D eigenvalue weighted by atomic mass is 10.2. The number of rotatable bonds is 4. The summed E-state index contributed by atoms with van der Waals surface area (Å²) in [6, 6.07) is 8.85. The van der Waals surface area contributed by atoms with Gasteiger partial charge in [-0.2, -0.15) is 0 Å². The molecule has 0 aromatic heterocycles. The van der Waals surface area contributed by atoms with Crippen LogP contribution in [0.25, 0.3) is 0 Å². The highest BCUT2D eigenvalue weighted by Gasteiger charge is 2.27. The number of benzene rings is 1. The van der Waals surface area contributed by atoms with Crippen LogP contribution < -0.4 is 15.0 Å². The molecule has 2 aliphatic rings. The fraction of sp³-hybridized carbons (Fsp3) is 0.562. The number of ether oxygens (including phenoxy) is 1. The largest absolute Gasteiger partial charge is 0.485 e. The van der Waals surface area contributed by atoms with Crippen LogP contribution in [0.4, 0.5) is 5.69 Å². The van der Waals surface area contributed by atoms with Gasteiger partial charge >= 0.3 is 0 Å². The number of fused-ring (bicyclic) bond motifs is 1. The van der Waals surface area contributed by atoms with E-state index in [1.54, 1.807) is 0 Å². The van der Waals surface area contributed by atoms with E-state index in [0.717, 1.165) is 30.5 Å². The SMILES string of the molecule is CCN1C[C@H](CN(C)C(=S)NC2CC2)Oc2ccccc21. The van der Waals surface area contributed by atoms with Crippen LogP contribution in [-0.2, 0) is 0 Å². The molecule has 0 unspecified atom stereocenters. The molecule has 0 amide bonds. The Kier molecular flexibility index (Phi) is 4.19. The predicted octanol–water partition coefficient (Wildman–Crippen LogP) is 2.24. The maximum Gasteiger partial charge on any atom is 0.169 e. The van der Waals surface area contributed by atoms with E-state index in [1.807, 2.05) is 19.2 Å². The second kappa shape index (κ2) is 6.10. The van der Waals surface area contributed by atoms with Gasteiger partial charge in [0.1, 0.15) is 11.9 Å². The van der Waals surface area contributed by atoms with E-state index in [4.69, 9.17) is 17.0 Å². The van der Waals surface area contributed by atoms with Crippen LogP contribution >= 0.6 is 12.2 Å². The van der Waals surface area contributed by atoms with Crippen molar-refractivity contribution in [3.05, 3.63) is 24.3 Å². The molecule has 1 aliphatic heterocycles. The van der Waals surface area contributed by atoms with Crippen LogP contribution in [0.3, 0.4) is 0 Å². The molecule has 1 aromatic rings. The van der Waals surface area contributed by atoms with Crippen LogP contribution in [-0.4, -0.2) is 48.8 Å². The van der Waals surface area contributed by atoms with Crippen LogP contribution in [0.2, 0.25) is 0 Å². The maximum absolute atomic E-state index is 6.13. The number of anilines is 1. The molecule has 21 heavy (non-hydrogen) atoms. The van der Waals surface area contributed by atoms with Crippen molar-refractivity contribution in [3.63, 3.8) is 0 Å². The summed E-state index contributed by atoms with van der Waals surface area (Å²) in [7, 11) is 2.04. The van der Waals surface area contributed by atoms with Crippen molar-refractivity contribution >= 4 is 23.0 Å². The molecule has 4 nitrogen and oxygen atoms in total. The summed E-state index contributed by atoms with van der Waals surface area (Å²) >= 11 is 5.44. The number of hydrogen-bond donors (Lipinski definition) is 1. The van der Waals surface area contributed by atoms with E-state index < -0.39 is 0 Å². The molecule has 1 heterocycles. The Morgan fingerprint density at radius 2 is 2.19 bits per heavy atom. The average molecular weight is 305 g/mol. The Labute approximate surface area is 132 Å². The van der Waals surface area contributed by atoms with Crippen molar-refractivity contribution in [2.24, 2.45) is 0 Å². The van der Waals surface area contributed by atoms with Crippen molar-refractivity contribution in [3.8, 4) is 5.75 Å². The Morgan fingerprint density at radius 3 is 2.90 bits per heavy atom. The van der Waals surface area contributed by atoms with E-state index in [-0.39, 0.29) is 6.10 Å². The van der Waals surface area contributed by atoms with Gasteiger partial charge in [0.2, 0.25) is 0 Å². The third kappa shape index (κ3) is 3.40. The zero-order valence-electron chi connectivity index (χ0n) is 12.7. The van der Waals surface area contributed by atoms with Gasteiger partial charge < -0.3 is 19.9 Å². The Balaban J connectivity index is 1.63. The topological polar surface area (TPSA) is 27.7 Å². The molecular weight excluding hydrogens is 282 g/mol. The molecule has 1 aliphatic carbocycles. The average Bonchev–Trinajstić information content (AvgIpc) is 3.30. The summed E-state index contributed by atoms with van der Waals surface area (Å²) in [6.07, 6.45) is 2.62. The summed E-state index contributed by atoms with van der Waals surface area (Å²) in [6.45, 7) is 4.89. The standard InChI is InChI=1S/C16H23N3OS/c1-3-19-11-13(20-15-7-5-4-6-14(15)19)10-18(2)16(21)17-12-8-9-12/h4-7,12-13H,3,8-11H2,1-2H3,(H,17,21)/t13-/m0/s1. The maximum atomic E-state index is 6.13. The Morgan fingerprint density at radius 1 is 1.43 bits per heavy atom. The zero-order chi connectivity index (χ0) is 14.8. The molecule has 3 rings (SSSR count). The summed E-state index contributed by atoms with van der Waals surface area (Å²) in [5, 5.41) is 4.21. The molecule has 5 heteroatoms. The quantitative estimate of drug-likeness (QED) is 0.861.